The van der Waals surface area contributed by atoms with E-state index < -0.39 is 0 Å². The molecule has 1 fully saturated rings. The quantitative estimate of drug-likeness (QED) is 0.905. The highest BCUT2D eigenvalue weighted by molar-refractivity contribution is 5.78. The summed E-state index contributed by atoms with van der Waals surface area (Å²) in [6, 6.07) is 8.72. The van der Waals surface area contributed by atoms with E-state index in [-0.39, 0.29) is 11.9 Å². The van der Waals surface area contributed by atoms with Crippen molar-refractivity contribution in [2.24, 2.45) is 0 Å². The molecule has 0 saturated heterocycles. The number of fused-ring (bicyclic) bond motifs is 1. The standard InChI is InChI=1S/C19H25N5O2/c25-19(12-23-9-10-26-18-4-2-1-3-15(18)11-23)22-16-5-7-17(8-6-16)24-14-20-13-21-24/h1-4,13-14,16-17H,5-12H2,(H,22,25). The molecule has 2 aromatic rings. The fourth-order valence-electron chi connectivity index (χ4n) is 3.88. The number of nitrogens with zero attached hydrogens (tertiary/aromatic N) is 4. The van der Waals surface area contributed by atoms with Gasteiger partial charge in [0.2, 0.25) is 5.91 Å². The number of hydrogen-bond donors (Lipinski definition) is 1. The second-order valence-electron chi connectivity index (χ2n) is 7.12. The van der Waals surface area contributed by atoms with Gasteiger partial charge in [-0.1, -0.05) is 18.2 Å². The summed E-state index contributed by atoms with van der Waals surface area (Å²) in [5.74, 6) is 1.04. The van der Waals surface area contributed by atoms with Gasteiger partial charge in [0.15, 0.2) is 0 Å². The van der Waals surface area contributed by atoms with E-state index in [0.717, 1.165) is 50.1 Å². The highest BCUT2D eigenvalue weighted by atomic mass is 16.5. The Morgan fingerprint density at radius 1 is 1.23 bits per heavy atom. The number of rotatable bonds is 4. The average molecular weight is 355 g/mol. The number of carbonyl (C=O) groups excluding carboxylic acids is 1. The Morgan fingerprint density at radius 2 is 2.08 bits per heavy atom. The van der Waals surface area contributed by atoms with E-state index >= 15 is 0 Å². The maximum Gasteiger partial charge on any atom is 0.234 e. The number of amides is 1. The molecule has 1 aromatic carbocycles. The zero-order chi connectivity index (χ0) is 17.8. The summed E-state index contributed by atoms with van der Waals surface area (Å²) in [5.41, 5.74) is 1.14. The van der Waals surface area contributed by atoms with Crippen LogP contribution < -0.4 is 10.1 Å². The first-order chi connectivity index (χ1) is 12.8. The van der Waals surface area contributed by atoms with Crippen molar-refractivity contribution in [2.45, 2.75) is 44.3 Å². The van der Waals surface area contributed by atoms with Crippen molar-refractivity contribution in [3.8, 4) is 5.75 Å². The molecule has 1 N–H and O–H groups in total. The highest BCUT2D eigenvalue weighted by Gasteiger charge is 2.25. The molecule has 0 radical (unpaired) electrons. The summed E-state index contributed by atoms with van der Waals surface area (Å²) in [6.45, 7) is 2.55. The summed E-state index contributed by atoms with van der Waals surface area (Å²) in [4.78, 5) is 18.7. The molecule has 4 rings (SSSR count). The molecule has 7 heteroatoms. The molecule has 138 valence electrons. The maximum absolute atomic E-state index is 12.5. The minimum absolute atomic E-state index is 0.105. The smallest absolute Gasteiger partial charge is 0.234 e. The van der Waals surface area contributed by atoms with E-state index in [2.05, 4.69) is 26.4 Å². The molecule has 1 aromatic heterocycles. The molecule has 0 unspecified atom stereocenters. The molecule has 1 saturated carbocycles. The van der Waals surface area contributed by atoms with E-state index in [1.165, 1.54) is 0 Å². The zero-order valence-electron chi connectivity index (χ0n) is 14.9. The van der Waals surface area contributed by atoms with Gasteiger partial charge in [0, 0.05) is 24.7 Å². The fraction of sp³-hybridized carbons (Fsp3) is 0.526. The van der Waals surface area contributed by atoms with Crippen molar-refractivity contribution in [1.82, 2.24) is 25.0 Å². The minimum atomic E-state index is 0.105. The first kappa shape index (κ1) is 17.0. The van der Waals surface area contributed by atoms with E-state index in [0.29, 0.717) is 19.2 Å². The molecule has 2 heterocycles. The van der Waals surface area contributed by atoms with Gasteiger partial charge in [0.25, 0.3) is 0 Å². The predicted molar refractivity (Wildman–Crippen MR) is 96.7 cm³/mol. The van der Waals surface area contributed by atoms with Gasteiger partial charge in [-0.15, -0.1) is 0 Å². The SMILES string of the molecule is O=C(CN1CCOc2ccccc2C1)NC1CCC(n2cncn2)CC1. The normalized spacial score (nSPS) is 23.5. The van der Waals surface area contributed by atoms with Crippen molar-refractivity contribution in [2.75, 3.05) is 19.7 Å². The van der Waals surface area contributed by atoms with Crippen LogP contribution in [0.2, 0.25) is 0 Å². The van der Waals surface area contributed by atoms with Gasteiger partial charge < -0.3 is 10.1 Å². The Bertz CT molecular complexity index is 725. The van der Waals surface area contributed by atoms with Crippen LogP contribution >= 0.6 is 0 Å². The van der Waals surface area contributed by atoms with Crippen LogP contribution in [0.4, 0.5) is 0 Å². The van der Waals surface area contributed by atoms with Crippen LogP contribution in [0, 0.1) is 0 Å². The lowest BCUT2D eigenvalue weighted by atomic mass is 9.91. The zero-order valence-corrected chi connectivity index (χ0v) is 14.9. The number of ether oxygens (including phenoxy) is 1. The van der Waals surface area contributed by atoms with E-state index in [1.807, 2.05) is 22.9 Å². The van der Waals surface area contributed by atoms with Gasteiger partial charge >= 0.3 is 0 Å². The molecule has 1 aliphatic carbocycles. The van der Waals surface area contributed by atoms with Crippen molar-refractivity contribution in [1.29, 1.82) is 0 Å². The number of hydrogen-bond acceptors (Lipinski definition) is 5. The summed E-state index contributed by atoms with van der Waals surface area (Å²) in [5, 5.41) is 7.44. The molecule has 1 aliphatic heterocycles. The van der Waals surface area contributed by atoms with E-state index in [4.69, 9.17) is 4.74 Å². The lowest BCUT2D eigenvalue weighted by molar-refractivity contribution is -0.123. The topological polar surface area (TPSA) is 72.3 Å². The highest BCUT2D eigenvalue weighted by Crippen LogP contribution is 2.27. The van der Waals surface area contributed by atoms with Crippen LogP contribution in [0.15, 0.2) is 36.9 Å². The summed E-state index contributed by atoms with van der Waals surface area (Å²) >= 11 is 0. The second-order valence-corrected chi connectivity index (χ2v) is 7.12. The molecule has 1 amide bonds. The summed E-state index contributed by atoms with van der Waals surface area (Å²) in [6.07, 6.45) is 7.39. The Labute approximate surface area is 153 Å². The lowest BCUT2D eigenvalue weighted by Gasteiger charge is -2.29. The Hall–Kier alpha value is -2.41. The van der Waals surface area contributed by atoms with Gasteiger partial charge in [-0.05, 0) is 31.7 Å². The first-order valence-corrected chi connectivity index (χ1v) is 9.34. The molecule has 26 heavy (non-hydrogen) atoms. The second kappa shape index (κ2) is 7.86. The number of benzene rings is 1. The molecule has 7 nitrogen and oxygen atoms in total. The average Bonchev–Trinajstić information content (AvgIpc) is 3.10. The van der Waals surface area contributed by atoms with Crippen molar-refractivity contribution < 1.29 is 9.53 Å². The fourth-order valence-corrected chi connectivity index (χ4v) is 3.88. The maximum atomic E-state index is 12.5. The van der Waals surface area contributed by atoms with E-state index in [1.54, 1.807) is 12.7 Å². The Balaban J connectivity index is 1.26. The van der Waals surface area contributed by atoms with Gasteiger partial charge in [-0.2, -0.15) is 5.10 Å². The predicted octanol–water partition coefficient (Wildman–Crippen LogP) is 1.77. The van der Waals surface area contributed by atoms with Crippen LogP contribution in [0.1, 0.15) is 37.3 Å². The number of nitrogens with one attached hydrogen (secondary N) is 1. The summed E-state index contributed by atoms with van der Waals surface area (Å²) < 4.78 is 7.71. The van der Waals surface area contributed by atoms with Crippen LogP contribution in [0.3, 0.4) is 0 Å². The molecule has 0 bridgehead atoms. The summed E-state index contributed by atoms with van der Waals surface area (Å²) in [7, 11) is 0. The van der Waals surface area contributed by atoms with Crippen molar-refractivity contribution in [3.63, 3.8) is 0 Å². The molecule has 0 spiro atoms. The van der Waals surface area contributed by atoms with Crippen molar-refractivity contribution in [3.05, 3.63) is 42.5 Å². The van der Waals surface area contributed by atoms with Gasteiger partial charge in [0.05, 0.1) is 12.6 Å². The third-order valence-corrected chi connectivity index (χ3v) is 5.27. The van der Waals surface area contributed by atoms with Crippen LogP contribution in [-0.2, 0) is 11.3 Å². The van der Waals surface area contributed by atoms with E-state index in [9.17, 15) is 4.79 Å². The monoisotopic (exact) mass is 355 g/mol. The number of aromatic nitrogens is 3. The molecular formula is C19H25N5O2. The largest absolute Gasteiger partial charge is 0.492 e. The van der Waals surface area contributed by atoms with Crippen LogP contribution in [0.25, 0.3) is 0 Å². The Kier molecular flexibility index (Phi) is 5.15. The molecule has 2 aliphatic rings. The van der Waals surface area contributed by atoms with Gasteiger partial charge in [-0.25, -0.2) is 9.67 Å². The third kappa shape index (κ3) is 4.04. The molecule has 0 atom stereocenters. The minimum Gasteiger partial charge on any atom is -0.492 e. The van der Waals surface area contributed by atoms with Crippen LogP contribution in [0.5, 0.6) is 5.75 Å². The van der Waals surface area contributed by atoms with Crippen molar-refractivity contribution >= 4 is 5.91 Å². The molecular weight excluding hydrogens is 330 g/mol. The lowest BCUT2D eigenvalue weighted by Crippen LogP contribution is -2.44. The van der Waals surface area contributed by atoms with Crippen LogP contribution in [-0.4, -0.2) is 51.3 Å². The number of carbonyl (C=O) groups is 1. The third-order valence-electron chi connectivity index (χ3n) is 5.27. The van der Waals surface area contributed by atoms with Gasteiger partial charge in [0.1, 0.15) is 25.0 Å². The first-order valence-electron chi connectivity index (χ1n) is 9.34. The van der Waals surface area contributed by atoms with Gasteiger partial charge in [-0.3, -0.25) is 9.69 Å². The number of para-hydroxylation sites is 1. The Morgan fingerprint density at radius 3 is 2.88 bits per heavy atom.